The fourth-order valence-corrected chi connectivity index (χ4v) is 6.99. The van der Waals surface area contributed by atoms with E-state index in [0.717, 1.165) is 53.6 Å². The minimum atomic E-state index is -1.31. The van der Waals surface area contributed by atoms with Gasteiger partial charge in [-0.05, 0) is 104 Å². The molecule has 2 aliphatic rings. The van der Waals surface area contributed by atoms with Crippen molar-refractivity contribution in [1.29, 1.82) is 0 Å². The predicted octanol–water partition coefficient (Wildman–Crippen LogP) is 7.31. The van der Waals surface area contributed by atoms with E-state index >= 15 is 8.78 Å². The minimum absolute atomic E-state index is 0.131. The van der Waals surface area contributed by atoms with Gasteiger partial charge in [-0.15, -0.1) is 0 Å². The van der Waals surface area contributed by atoms with Crippen molar-refractivity contribution in [3.63, 3.8) is 0 Å². The van der Waals surface area contributed by atoms with Crippen LogP contribution in [-0.4, -0.2) is 56.3 Å². The van der Waals surface area contributed by atoms with Crippen LogP contribution < -0.4 is 5.32 Å². The number of halogens is 2. The summed E-state index contributed by atoms with van der Waals surface area (Å²) in [6.45, 7) is 11.3. The van der Waals surface area contributed by atoms with E-state index in [1.54, 1.807) is 24.7 Å². The zero-order chi connectivity index (χ0) is 32.4. The van der Waals surface area contributed by atoms with E-state index in [2.05, 4.69) is 44.2 Å². The van der Waals surface area contributed by atoms with Crippen molar-refractivity contribution in [3.8, 4) is 11.3 Å². The number of hydrogen-bond acceptors (Lipinski definition) is 6. The monoisotopic (exact) mass is 626 g/mol. The number of alkyl halides is 1. The van der Waals surface area contributed by atoms with Gasteiger partial charge in [-0.25, -0.2) is 13.8 Å². The van der Waals surface area contributed by atoms with Crippen molar-refractivity contribution in [2.45, 2.75) is 77.9 Å². The quantitative estimate of drug-likeness (QED) is 0.210. The zero-order valence-electron chi connectivity index (χ0n) is 27.3. The van der Waals surface area contributed by atoms with Gasteiger partial charge in [0.2, 0.25) is 0 Å². The number of amides is 1. The summed E-state index contributed by atoms with van der Waals surface area (Å²) in [5.74, 6) is 0.390. The number of carbonyl (C=O) groups is 1. The van der Waals surface area contributed by atoms with Crippen LogP contribution in [0.5, 0.6) is 0 Å². The Kier molecular flexibility index (Phi) is 9.41. The Balaban J connectivity index is 1.24. The van der Waals surface area contributed by atoms with E-state index in [-0.39, 0.29) is 35.4 Å². The molecule has 1 aliphatic heterocycles. The van der Waals surface area contributed by atoms with Gasteiger partial charge in [0.1, 0.15) is 17.0 Å². The molecule has 0 bridgehead atoms. The molecular weight excluding hydrogens is 582 g/mol. The SMILES string of the molecule is CC(C)C1CCN(CC[C@@H](NC(=O)c2cc(F)c3nc4c(cc3c2)C[C@](F)(C(C)C)CC4)c2ccc(-c3ccnnc3)nc2)CC1. The Hall–Kier alpha value is -3.85. The maximum atomic E-state index is 15.6. The molecule has 4 aromatic rings. The van der Waals surface area contributed by atoms with Crippen LogP contribution in [-0.2, 0) is 12.8 Å². The average Bonchev–Trinajstić information content (AvgIpc) is 3.06. The lowest BCUT2D eigenvalue weighted by molar-refractivity contribution is 0.0821. The number of carbonyl (C=O) groups excluding carboxylic acids is 1. The number of nitrogens with zero attached hydrogens (tertiary/aromatic N) is 5. The van der Waals surface area contributed by atoms with Crippen LogP contribution in [0.2, 0.25) is 0 Å². The first kappa shape index (κ1) is 32.1. The largest absolute Gasteiger partial charge is 0.345 e. The number of rotatable bonds is 9. The third-order valence-corrected chi connectivity index (χ3v) is 10.3. The molecule has 242 valence electrons. The molecular formula is C37H44F2N6O. The Morgan fingerprint density at radius 3 is 2.54 bits per heavy atom. The number of nitrogens with one attached hydrogen (secondary N) is 1. The Morgan fingerprint density at radius 1 is 1.07 bits per heavy atom. The molecule has 2 atom stereocenters. The van der Waals surface area contributed by atoms with Gasteiger partial charge in [-0.3, -0.25) is 9.78 Å². The van der Waals surface area contributed by atoms with Gasteiger partial charge in [0.25, 0.3) is 5.91 Å². The van der Waals surface area contributed by atoms with Crippen LogP contribution >= 0.6 is 0 Å². The topological polar surface area (TPSA) is 83.9 Å². The number of hydrogen-bond donors (Lipinski definition) is 1. The number of aromatic nitrogens is 4. The van der Waals surface area contributed by atoms with Gasteiger partial charge in [0, 0.05) is 41.4 Å². The molecule has 1 amide bonds. The maximum absolute atomic E-state index is 15.6. The van der Waals surface area contributed by atoms with Crippen LogP contribution in [0.4, 0.5) is 8.78 Å². The van der Waals surface area contributed by atoms with E-state index in [1.807, 2.05) is 38.1 Å². The molecule has 0 saturated carbocycles. The Bertz CT molecular complexity index is 1670. The third-order valence-electron chi connectivity index (χ3n) is 10.3. The molecule has 1 N–H and O–H groups in total. The fourth-order valence-electron chi connectivity index (χ4n) is 6.99. The van der Waals surface area contributed by atoms with E-state index in [1.165, 1.54) is 18.9 Å². The van der Waals surface area contributed by atoms with Gasteiger partial charge < -0.3 is 10.2 Å². The molecule has 0 unspecified atom stereocenters. The predicted molar refractivity (Wildman–Crippen MR) is 176 cm³/mol. The van der Waals surface area contributed by atoms with E-state index in [0.29, 0.717) is 30.6 Å². The first-order chi connectivity index (χ1) is 22.1. The molecule has 46 heavy (non-hydrogen) atoms. The van der Waals surface area contributed by atoms with Gasteiger partial charge in [0.15, 0.2) is 0 Å². The van der Waals surface area contributed by atoms with Crippen molar-refractivity contribution in [2.24, 2.45) is 17.8 Å². The fraction of sp³-hybridized carbons (Fsp3) is 0.486. The molecule has 1 fully saturated rings. The van der Waals surface area contributed by atoms with Crippen molar-refractivity contribution in [1.82, 2.24) is 30.4 Å². The van der Waals surface area contributed by atoms with Crippen LogP contribution in [0.1, 0.15) is 86.6 Å². The highest BCUT2D eigenvalue weighted by molar-refractivity contribution is 5.98. The summed E-state index contributed by atoms with van der Waals surface area (Å²) in [7, 11) is 0. The highest BCUT2D eigenvalue weighted by Gasteiger charge is 2.38. The van der Waals surface area contributed by atoms with E-state index in [9.17, 15) is 4.79 Å². The standard InChI is InChI=1S/C37H44F2N6O/c1-23(2)25-9-14-45(15-10-25)16-11-34(26-5-6-32(40-21-26)27-8-13-41-42-22-27)44-36(46)29-17-28-18-30-20-37(39,24(3)4)12-7-33(30)43-35(28)31(38)19-29/h5-6,8,13,17-19,21-25,34H,7,9-12,14-16,20H2,1-4H3,(H,44,46)/t34-,37+/m1/s1. The van der Waals surface area contributed by atoms with Crippen LogP contribution in [0.15, 0.2) is 55.0 Å². The maximum Gasteiger partial charge on any atom is 0.251 e. The van der Waals surface area contributed by atoms with Crippen LogP contribution in [0.25, 0.3) is 22.2 Å². The van der Waals surface area contributed by atoms with Crippen molar-refractivity contribution < 1.29 is 13.6 Å². The zero-order valence-corrected chi connectivity index (χ0v) is 27.3. The molecule has 9 heteroatoms. The lowest BCUT2D eigenvalue weighted by atomic mass is 9.77. The summed E-state index contributed by atoms with van der Waals surface area (Å²) in [6.07, 6.45) is 9.24. The molecule has 1 aliphatic carbocycles. The molecule has 6 rings (SSSR count). The summed E-state index contributed by atoms with van der Waals surface area (Å²) in [6, 6.07) is 10.2. The summed E-state index contributed by atoms with van der Waals surface area (Å²) < 4.78 is 31.0. The molecule has 1 saturated heterocycles. The van der Waals surface area contributed by atoms with Gasteiger partial charge in [-0.1, -0.05) is 33.8 Å². The molecule has 0 spiro atoms. The normalized spacial score (nSPS) is 19.8. The van der Waals surface area contributed by atoms with Gasteiger partial charge in [0.05, 0.1) is 24.1 Å². The smallest absolute Gasteiger partial charge is 0.251 e. The lowest BCUT2D eigenvalue weighted by Gasteiger charge is -2.34. The molecule has 7 nitrogen and oxygen atoms in total. The average molecular weight is 627 g/mol. The number of fused-ring (bicyclic) bond motifs is 2. The van der Waals surface area contributed by atoms with Crippen molar-refractivity contribution in [3.05, 3.63) is 83.2 Å². The minimum Gasteiger partial charge on any atom is -0.345 e. The first-order valence-electron chi connectivity index (χ1n) is 16.7. The lowest BCUT2D eigenvalue weighted by Crippen LogP contribution is -2.38. The second-order valence-electron chi connectivity index (χ2n) is 13.8. The van der Waals surface area contributed by atoms with E-state index < -0.39 is 11.5 Å². The van der Waals surface area contributed by atoms with Crippen LogP contribution in [0.3, 0.4) is 0 Å². The second kappa shape index (κ2) is 13.5. The first-order valence-corrected chi connectivity index (χ1v) is 16.7. The van der Waals surface area contributed by atoms with Crippen molar-refractivity contribution >= 4 is 16.8 Å². The number of aryl methyl sites for hydroxylation is 1. The molecule has 0 radical (unpaired) electrons. The highest BCUT2D eigenvalue weighted by atomic mass is 19.1. The molecule has 3 aromatic heterocycles. The van der Waals surface area contributed by atoms with Crippen molar-refractivity contribution in [2.75, 3.05) is 19.6 Å². The van der Waals surface area contributed by atoms with Gasteiger partial charge >= 0.3 is 0 Å². The highest BCUT2D eigenvalue weighted by Crippen LogP contribution is 2.38. The van der Waals surface area contributed by atoms with Crippen LogP contribution in [0, 0.1) is 23.6 Å². The molecule has 4 heterocycles. The number of likely N-dealkylation sites (tertiary alicyclic amines) is 1. The number of benzene rings is 1. The summed E-state index contributed by atoms with van der Waals surface area (Å²) in [5, 5.41) is 11.5. The Labute approximate surface area is 270 Å². The van der Waals surface area contributed by atoms with E-state index in [4.69, 9.17) is 0 Å². The van der Waals surface area contributed by atoms with Gasteiger partial charge in [-0.2, -0.15) is 10.2 Å². The number of pyridine rings is 2. The summed E-state index contributed by atoms with van der Waals surface area (Å²) in [5.41, 5.74) is 3.16. The Morgan fingerprint density at radius 2 is 1.87 bits per heavy atom. The summed E-state index contributed by atoms with van der Waals surface area (Å²) >= 11 is 0. The summed E-state index contributed by atoms with van der Waals surface area (Å²) in [4.78, 5) is 25.5. The molecule has 1 aromatic carbocycles. The number of piperidine rings is 1. The second-order valence-corrected chi connectivity index (χ2v) is 13.8. The third kappa shape index (κ3) is 6.94.